The number of amides is 1. The molecule has 1 aromatic rings. The van der Waals surface area contributed by atoms with E-state index in [9.17, 15) is 4.79 Å². The second-order valence-electron chi connectivity index (χ2n) is 5.19. The van der Waals surface area contributed by atoms with Crippen molar-refractivity contribution in [2.24, 2.45) is 5.73 Å². The maximum atomic E-state index is 10.7. The highest BCUT2D eigenvalue weighted by Crippen LogP contribution is 2.07. The van der Waals surface area contributed by atoms with Crippen LogP contribution < -0.4 is 5.73 Å². The van der Waals surface area contributed by atoms with Crippen LogP contribution in [-0.2, 0) is 22.7 Å². The summed E-state index contributed by atoms with van der Waals surface area (Å²) in [7, 11) is -1.04. The van der Waals surface area contributed by atoms with Gasteiger partial charge >= 0.3 is 0 Å². The fourth-order valence-electron chi connectivity index (χ4n) is 1.17. The van der Waals surface area contributed by atoms with Crippen molar-refractivity contribution in [1.29, 1.82) is 0 Å². The third-order valence-electron chi connectivity index (χ3n) is 2.14. The van der Waals surface area contributed by atoms with Gasteiger partial charge in [0.05, 0.1) is 6.42 Å². The topological polar surface area (TPSA) is 83.0 Å². The molecule has 0 radical (unpaired) electrons. The van der Waals surface area contributed by atoms with E-state index >= 15 is 0 Å². The Morgan fingerprint density at radius 1 is 1.53 bits per heavy atom. The Morgan fingerprint density at radius 2 is 2.24 bits per heavy atom. The van der Waals surface area contributed by atoms with Gasteiger partial charge in [0.25, 0.3) is 0 Å². The molecule has 1 rings (SSSR count). The van der Waals surface area contributed by atoms with Gasteiger partial charge in [0.2, 0.25) is 5.91 Å². The van der Waals surface area contributed by atoms with Gasteiger partial charge in [0.1, 0.15) is 13.1 Å². The van der Waals surface area contributed by atoms with E-state index in [1.54, 1.807) is 11.0 Å². The summed E-state index contributed by atoms with van der Waals surface area (Å²) in [6.45, 7) is 8.02. The maximum Gasteiger partial charge on any atom is 0.225 e. The second kappa shape index (κ2) is 5.92. The predicted molar refractivity (Wildman–Crippen MR) is 67.0 cm³/mol. The van der Waals surface area contributed by atoms with E-state index in [1.807, 2.05) is 0 Å². The fourth-order valence-corrected chi connectivity index (χ4v) is 1.93. The van der Waals surface area contributed by atoms with Crippen molar-refractivity contribution in [3.63, 3.8) is 0 Å². The zero-order valence-electron chi connectivity index (χ0n) is 10.6. The van der Waals surface area contributed by atoms with Gasteiger partial charge in [0.15, 0.2) is 5.82 Å². The normalized spacial score (nSPS) is 11.7. The summed E-state index contributed by atoms with van der Waals surface area (Å²) in [6, 6.07) is 1.12. The average Bonchev–Trinajstić information content (AvgIpc) is 2.58. The predicted octanol–water partition coefficient (Wildman–Crippen LogP) is 0.618. The zero-order chi connectivity index (χ0) is 12.9. The Labute approximate surface area is 102 Å². The van der Waals surface area contributed by atoms with Gasteiger partial charge < -0.3 is 10.5 Å². The molecule has 1 heterocycles. The Hall–Kier alpha value is -1.21. The standard InChI is InChI=1S/C10H20N4O2Si/c1-17(2,3)5-4-16-8-14-7-12-10(13-14)6-9(11)15/h7H,4-6,8H2,1-3H3,(H2,11,15). The maximum absolute atomic E-state index is 10.7. The van der Waals surface area contributed by atoms with Crippen LogP contribution in [0.4, 0.5) is 0 Å². The Morgan fingerprint density at radius 3 is 2.82 bits per heavy atom. The van der Waals surface area contributed by atoms with Crippen LogP contribution >= 0.6 is 0 Å². The van der Waals surface area contributed by atoms with E-state index in [-0.39, 0.29) is 6.42 Å². The van der Waals surface area contributed by atoms with Gasteiger partial charge in [0, 0.05) is 14.7 Å². The first-order chi connectivity index (χ1) is 7.87. The molecule has 2 N–H and O–H groups in total. The van der Waals surface area contributed by atoms with Crippen LogP contribution in [0.5, 0.6) is 0 Å². The van der Waals surface area contributed by atoms with E-state index in [1.165, 1.54) is 0 Å². The number of carbonyl (C=O) groups excluding carboxylic acids is 1. The molecular weight excluding hydrogens is 236 g/mol. The van der Waals surface area contributed by atoms with Crippen LogP contribution in [0.25, 0.3) is 0 Å². The summed E-state index contributed by atoms with van der Waals surface area (Å²) in [6.07, 6.45) is 1.62. The molecule has 6 nitrogen and oxygen atoms in total. The van der Waals surface area contributed by atoms with Gasteiger partial charge in [-0.1, -0.05) is 19.6 Å². The van der Waals surface area contributed by atoms with Crippen LogP contribution in [0.3, 0.4) is 0 Å². The molecule has 0 saturated carbocycles. The molecule has 7 heteroatoms. The lowest BCUT2D eigenvalue weighted by atomic mass is 10.4. The lowest BCUT2D eigenvalue weighted by Crippen LogP contribution is -2.22. The molecule has 0 spiro atoms. The summed E-state index contributed by atoms with van der Waals surface area (Å²) in [4.78, 5) is 14.6. The molecule has 1 amide bonds. The van der Waals surface area contributed by atoms with E-state index in [0.717, 1.165) is 12.7 Å². The first kappa shape index (κ1) is 13.9. The molecule has 0 fully saturated rings. The number of carbonyl (C=O) groups is 1. The van der Waals surface area contributed by atoms with Crippen LogP contribution in [0.15, 0.2) is 6.33 Å². The van der Waals surface area contributed by atoms with Crippen molar-refractivity contribution in [2.75, 3.05) is 6.61 Å². The number of rotatable bonds is 7. The smallest absolute Gasteiger partial charge is 0.225 e. The molecule has 1 aromatic heterocycles. The van der Waals surface area contributed by atoms with Crippen LogP contribution in [-0.4, -0.2) is 35.4 Å². The molecule has 0 aliphatic rings. The Bertz CT molecular complexity index is 373. The van der Waals surface area contributed by atoms with E-state index in [4.69, 9.17) is 10.5 Å². The summed E-state index contributed by atoms with van der Waals surface area (Å²) in [5, 5.41) is 4.08. The number of ether oxygens (including phenoxy) is 1. The number of nitrogens with two attached hydrogens (primary N) is 1. The third kappa shape index (κ3) is 6.18. The minimum absolute atomic E-state index is 0.0713. The molecule has 0 atom stereocenters. The fraction of sp³-hybridized carbons (Fsp3) is 0.700. The lowest BCUT2D eigenvalue weighted by Gasteiger charge is -2.15. The molecule has 0 unspecified atom stereocenters. The minimum Gasteiger partial charge on any atom is -0.369 e. The molecule has 17 heavy (non-hydrogen) atoms. The third-order valence-corrected chi connectivity index (χ3v) is 3.84. The molecule has 0 bridgehead atoms. The van der Waals surface area contributed by atoms with Gasteiger partial charge in [-0.3, -0.25) is 4.79 Å². The Balaban J connectivity index is 2.28. The molecule has 0 saturated heterocycles. The van der Waals surface area contributed by atoms with Gasteiger partial charge in [-0.15, -0.1) is 0 Å². The number of primary amides is 1. The number of hydrogen-bond acceptors (Lipinski definition) is 4. The highest BCUT2D eigenvalue weighted by Gasteiger charge is 2.12. The molecule has 0 aliphatic heterocycles. The quantitative estimate of drug-likeness (QED) is 0.572. The highest BCUT2D eigenvalue weighted by molar-refractivity contribution is 6.76. The minimum atomic E-state index is -1.04. The van der Waals surface area contributed by atoms with Crippen molar-refractivity contribution in [1.82, 2.24) is 14.8 Å². The first-order valence-electron chi connectivity index (χ1n) is 5.61. The van der Waals surface area contributed by atoms with Crippen LogP contribution in [0.1, 0.15) is 5.82 Å². The monoisotopic (exact) mass is 256 g/mol. The molecule has 96 valence electrons. The number of nitrogens with zero attached hydrogens (tertiary/aromatic N) is 3. The van der Waals surface area contributed by atoms with Gasteiger partial charge in [-0.25, -0.2) is 9.67 Å². The van der Waals surface area contributed by atoms with Crippen molar-refractivity contribution < 1.29 is 9.53 Å². The summed E-state index contributed by atoms with van der Waals surface area (Å²) in [5.41, 5.74) is 5.05. The van der Waals surface area contributed by atoms with Gasteiger partial charge in [-0.05, 0) is 6.04 Å². The largest absolute Gasteiger partial charge is 0.369 e. The summed E-state index contributed by atoms with van der Waals surface area (Å²) in [5.74, 6) is 0.00805. The average molecular weight is 256 g/mol. The van der Waals surface area contributed by atoms with E-state index in [2.05, 4.69) is 29.7 Å². The van der Waals surface area contributed by atoms with E-state index in [0.29, 0.717) is 12.6 Å². The highest BCUT2D eigenvalue weighted by atomic mass is 28.3. The first-order valence-corrected chi connectivity index (χ1v) is 9.32. The molecular formula is C10H20N4O2Si. The lowest BCUT2D eigenvalue weighted by molar-refractivity contribution is -0.117. The number of hydrogen-bond donors (Lipinski definition) is 1. The summed E-state index contributed by atoms with van der Waals surface area (Å²) >= 11 is 0. The van der Waals surface area contributed by atoms with Gasteiger partial charge in [-0.2, -0.15) is 5.10 Å². The second-order valence-corrected chi connectivity index (χ2v) is 10.8. The van der Waals surface area contributed by atoms with Crippen molar-refractivity contribution in [2.45, 2.75) is 38.8 Å². The summed E-state index contributed by atoms with van der Waals surface area (Å²) < 4.78 is 7.06. The van der Waals surface area contributed by atoms with E-state index < -0.39 is 14.0 Å². The van der Waals surface area contributed by atoms with Crippen molar-refractivity contribution >= 4 is 14.0 Å². The van der Waals surface area contributed by atoms with Crippen molar-refractivity contribution in [3.8, 4) is 0 Å². The molecule has 0 aromatic carbocycles. The SMILES string of the molecule is C[Si](C)(C)CCOCn1cnc(CC(N)=O)n1. The van der Waals surface area contributed by atoms with Crippen LogP contribution in [0.2, 0.25) is 25.7 Å². The van der Waals surface area contributed by atoms with Crippen LogP contribution in [0, 0.1) is 0 Å². The van der Waals surface area contributed by atoms with Crippen molar-refractivity contribution in [3.05, 3.63) is 12.2 Å². The zero-order valence-corrected chi connectivity index (χ0v) is 11.6. The molecule has 0 aliphatic carbocycles. The Kier molecular flexibility index (Phi) is 4.82. The number of aromatic nitrogens is 3.